The Morgan fingerprint density at radius 1 is 0.879 bits per heavy atom. The Balaban J connectivity index is 1.52. The second-order valence-corrected chi connectivity index (χ2v) is 7.59. The van der Waals surface area contributed by atoms with E-state index in [4.69, 9.17) is 9.72 Å². The van der Waals surface area contributed by atoms with Gasteiger partial charge in [0.25, 0.3) is 5.56 Å². The molecule has 0 aliphatic carbocycles. The van der Waals surface area contributed by atoms with Crippen LogP contribution in [0.25, 0.3) is 23.1 Å². The molecule has 1 heterocycles. The molecule has 4 aromatic rings. The maximum Gasteiger partial charge on any atom is 0.280 e. The van der Waals surface area contributed by atoms with Crippen LogP contribution in [0.2, 0.25) is 0 Å². The van der Waals surface area contributed by atoms with E-state index in [-0.39, 0.29) is 11.7 Å². The second kappa shape index (κ2) is 11.1. The van der Waals surface area contributed by atoms with Gasteiger partial charge in [0, 0.05) is 6.54 Å². The summed E-state index contributed by atoms with van der Waals surface area (Å²) in [5.74, 6) is 0.542. The molecule has 166 valence electrons. The van der Waals surface area contributed by atoms with Crippen LogP contribution < -0.4 is 11.0 Å². The maximum atomic E-state index is 13.2. The lowest BCUT2D eigenvalue weighted by Gasteiger charge is -2.19. The molecule has 5 nitrogen and oxygen atoms in total. The molecule has 5 heteroatoms. The lowest BCUT2D eigenvalue weighted by molar-refractivity contribution is 0.0796. The van der Waals surface area contributed by atoms with Crippen LogP contribution in [0, 0.1) is 0 Å². The van der Waals surface area contributed by atoms with Crippen molar-refractivity contribution in [2.45, 2.75) is 13.0 Å². The summed E-state index contributed by atoms with van der Waals surface area (Å²) < 4.78 is 7.51. The standard InChI is InChI=1S/C28H27N3O2/c1-22(33-21-11-17-24-14-6-3-7-15-24)27-30-26-19-9-8-18-25(26)28(32)31(27)29-20-10-16-23-12-4-2-5-13-23/h2-19,22,29H,20-21H2,1H3/b16-10-,17-11-/t22-/m0/s1. The van der Waals surface area contributed by atoms with Crippen LogP contribution in [0.3, 0.4) is 0 Å². The van der Waals surface area contributed by atoms with Crippen LogP contribution in [0.5, 0.6) is 0 Å². The third kappa shape index (κ3) is 5.84. The van der Waals surface area contributed by atoms with E-state index < -0.39 is 0 Å². The van der Waals surface area contributed by atoms with Crippen LogP contribution in [-0.2, 0) is 4.74 Å². The molecule has 4 rings (SSSR count). The summed E-state index contributed by atoms with van der Waals surface area (Å²) in [5.41, 5.74) is 5.93. The highest BCUT2D eigenvalue weighted by Crippen LogP contribution is 2.16. The molecule has 0 aliphatic rings. The first-order chi connectivity index (χ1) is 16.2. The van der Waals surface area contributed by atoms with E-state index in [0.717, 1.165) is 11.1 Å². The van der Waals surface area contributed by atoms with E-state index in [2.05, 4.69) is 5.43 Å². The molecule has 1 atom stereocenters. The Morgan fingerprint density at radius 2 is 1.48 bits per heavy atom. The largest absolute Gasteiger partial charge is 0.366 e. The van der Waals surface area contributed by atoms with E-state index in [9.17, 15) is 4.79 Å². The second-order valence-electron chi connectivity index (χ2n) is 7.59. The summed E-state index contributed by atoms with van der Waals surface area (Å²) in [5, 5.41) is 0.567. The summed E-state index contributed by atoms with van der Waals surface area (Å²) in [6.45, 7) is 2.79. The highest BCUT2D eigenvalue weighted by atomic mass is 16.5. The van der Waals surface area contributed by atoms with Gasteiger partial charge in [0.15, 0.2) is 5.82 Å². The van der Waals surface area contributed by atoms with Gasteiger partial charge in [-0.1, -0.05) is 97.1 Å². The fraction of sp³-hybridized carbons (Fsp3) is 0.143. The van der Waals surface area contributed by atoms with E-state index in [1.165, 1.54) is 4.68 Å². The molecule has 0 saturated heterocycles. The number of hydrogen-bond donors (Lipinski definition) is 1. The number of benzene rings is 3. The summed E-state index contributed by atoms with van der Waals surface area (Å²) >= 11 is 0. The Labute approximate surface area is 193 Å². The van der Waals surface area contributed by atoms with Crippen molar-refractivity contribution in [3.63, 3.8) is 0 Å². The summed E-state index contributed by atoms with van der Waals surface area (Å²) in [7, 11) is 0. The molecule has 0 unspecified atom stereocenters. The molecule has 0 fully saturated rings. The normalized spacial score (nSPS) is 12.5. The van der Waals surface area contributed by atoms with Crippen LogP contribution in [0.4, 0.5) is 0 Å². The van der Waals surface area contributed by atoms with Crippen molar-refractivity contribution in [1.29, 1.82) is 0 Å². The molecule has 0 spiro atoms. The first kappa shape index (κ1) is 22.2. The van der Waals surface area contributed by atoms with Crippen LogP contribution in [-0.4, -0.2) is 22.8 Å². The molecular weight excluding hydrogens is 410 g/mol. The topological polar surface area (TPSA) is 56.1 Å². The van der Waals surface area contributed by atoms with Gasteiger partial charge in [0.2, 0.25) is 0 Å². The van der Waals surface area contributed by atoms with Crippen molar-refractivity contribution in [3.05, 3.63) is 124 Å². The van der Waals surface area contributed by atoms with Gasteiger partial charge in [-0.3, -0.25) is 4.79 Å². The zero-order valence-electron chi connectivity index (χ0n) is 18.6. The third-order valence-corrected chi connectivity index (χ3v) is 5.19. The van der Waals surface area contributed by atoms with Gasteiger partial charge in [-0.05, 0) is 30.2 Å². The number of para-hydroxylation sites is 1. The lowest BCUT2D eigenvalue weighted by Crippen LogP contribution is -2.34. The number of nitrogens with zero attached hydrogens (tertiary/aromatic N) is 2. The van der Waals surface area contributed by atoms with Gasteiger partial charge in [0.1, 0.15) is 6.10 Å². The number of hydrogen-bond acceptors (Lipinski definition) is 4. The smallest absolute Gasteiger partial charge is 0.280 e. The third-order valence-electron chi connectivity index (χ3n) is 5.19. The van der Waals surface area contributed by atoms with Gasteiger partial charge in [-0.2, -0.15) is 0 Å². The molecular formula is C28H27N3O2. The van der Waals surface area contributed by atoms with Crippen molar-refractivity contribution in [1.82, 2.24) is 9.66 Å². The lowest BCUT2D eigenvalue weighted by atomic mass is 10.2. The molecule has 0 aliphatic heterocycles. The summed E-state index contributed by atoms with van der Waals surface area (Å²) in [4.78, 5) is 17.9. The molecule has 1 aromatic heterocycles. The SMILES string of the molecule is C[C@H](OC/C=C\c1ccccc1)c1nc2ccccc2c(=O)n1NC/C=C\c1ccccc1. The average molecular weight is 438 g/mol. The zero-order valence-corrected chi connectivity index (χ0v) is 18.6. The van der Waals surface area contributed by atoms with Gasteiger partial charge < -0.3 is 10.2 Å². The van der Waals surface area contributed by atoms with Gasteiger partial charge in [0.05, 0.1) is 17.5 Å². The minimum absolute atomic E-state index is 0.140. The van der Waals surface area contributed by atoms with Crippen LogP contribution in [0.15, 0.2) is 102 Å². The van der Waals surface area contributed by atoms with E-state index in [0.29, 0.717) is 29.9 Å². The summed E-state index contributed by atoms with van der Waals surface area (Å²) in [6, 6.07) is 27.5. The molecule has 0 radical (unpaired) electrons. The van der Waals surface area contributed by atoms with Crippen molar-refractivity contribution >= 4 is 23.1 Å². The van der Waals surface area contributed by atoms with E-state index >= 15 is 0 Å². The van der Waals surface area contributed by atoms with Gasteiger partial charge in [-0.15, -0.1) is 0 Å². The van der Waals surface area contributed by atoms with Crippen molar-refractivity contribution in [3.8, 4) is 0 Å². The quantitative estimate of drug-likeness (QED) is 0.379. The molecule has 0 saturated carbocycles. The fourth-order valence-electron chi connectivity index (χ4n) is 3.50. The molecule has 0 amide bonds. The minimum Gasteiger partial charge on any atom is -0.366 e. The number of fused-ring (bicyclic) bond motifs is 1. The molecule has 33 heavy (non-hydrogen) atoms. The first-order valence-corrected chi connectivity index (χ1v) is 11.0. The predicted molar refractivity (Wildman–Crippen MR) is 136 cm³/mol. The van der Waals surface area contributed by atoms with Crippen LogP contribution >= 0.6 is 0 Å². The highest BCUT2D eigenvalue weighted by molar-refractivity contribution is 5.77. The monoisotopic (exact) mass is 437 g/mol. The van der Waals surface area contributed by atoms with Crippen molar-refractivity contribution in [2.75, 3.05) is 18.6 Å². The predicted octanol–water partition coefficient (Wildman–Crippen LogP) is 5.44. The van der Waals surface area contributed by atoms with Crippen LogP contribution in [0.1, 0.15) is 30.0 Å². The Kier molecular flexibility index (Phi) is 7.46. The fourth-order valence-corrected chi connectivity index (χ4v) is 3.50. The number of aromatic nitrogens is 2. The van der Waals surface area contributed by atoms with Crippen molar-refractivity contribution in [2.24, 2.45) is 0 Å². The first-order valence-electron chi connectivity index (χ1n) is 11.0. The number of ether oxygens (including phenoxy) is 1. The van der Waals surface area contributed by atoms with E-state index in [1.54, 1.807) is 6.07 Å². The molecule has 0 bridgehead atoms. The Morgan fingerprint density at radius 3 is 2.18 bits per heavy atom. The maximum absolute atomic E-state index is 13.2. The average Bonchev–Trinajstić information content (AvgIpc) is 2.86. The molecule has 1 N–H and O–H groups in total. The minimum atomic E-state index is -0.381. The van der Waals surface area contributed by atoms with E-state index in [1.807, 2.05) is 110 Å². The molecule has 3 aromatic carbocycles. The number of nitrogens with one attached hydrogen (secondary N) is 1. The zero-order chi connectivity index (χ0) is 22.9. The number of rotatable bonds is 9. The van der Waals surface area contributed by atoms with Gasteiger partial charge >= 0.3 is 0 Å². The summed E-state index contributed by atoms with van der Waals surface area (Å²) in [6.07, 6.45) is 7.59. The highest BCUT2D eigenvalue weighted by Gasteiger charge is 2.16. The van der Waals surface area contributed by atoms with Crippen molar-refractivity contribution < 1.29 is 4.74 Å². The Hall–Kier alpha value is -3.96. The Bertz CT molecular complexity index is 1300. The van der Waals surface area contributed by atoms with Gasteiger partial charge in [-0.25, -0.2) is 9.66 Å².